The molecule has 0 aliphatic heterocycles. The van der Waals surface area contributed by atoms with E-state index in [9.17, 15) is 0 Å². The van der Waals surface area contributed by atoms with Gasteiger partial charge in [-0.15, -0.1) is 0 Å². The van der Waals surface area contributed by atoms with Gasteiger partial charge < -0.3 is 0 Å². The van der Waals surface area contributed by atoms with Gasteiger partial charge in [-0.2, -0.15) is 0 Å². The van der Waals surface area contributed by atoms with Crippen LogP contribution in [0, 0.1) is 17.4 Å². The first-order valence-electron chi connectivity index (χ1n) is 4.86. The Balaban J connectivity index is 2.64. The Morgan fingerprint density at radius 3 is 2.67 bits per heavy atom. The topological polar surface area (TPSA) is 12.9 Å². The molecule has 2 heteroatoms. The van der Waals surface area contributed by atoms with Gasteiger partial charge in [0.1, 0.15) is 0 Å². The minimum Gasteiger partial charge on any atom is -0.256 e. The summed E-state index contributed by atoms with van der Waals surface area (Å²) in [6, 6.07) is 10.5. The highest BCUT2D eigenvalue weighted by Gasteiger charge is 2.06. The highest BCUT2D eigenvalue weighted by Crippen LogP contribution is 2.26. The molecular weight excluding hydrogens is 297 g/mol. The van der Waals surface area contributed by atoms with E-state index in [4.69, 9.17) is 0 Å². The van der Waals surface area contributed by atoms with Crippen LogP contribution in [0.5, 0.6) is 0 Å². The van der Waals surface area contributed by atoms with Crippen LogP contribution >= 0.6 is 22.6 Å². The number of benzene rings is 1. The summed E-state index contributed by atoms with van der Waals surface area (Å²) in [4.78, 5) is 4.45. The molecule has 0 amide bonds. The molecule has 0 atom stereocenters. The average Bonchev–Trinajstić information content (AvgIpc) is 2.23. The summed E-state index contributed by atoms with van der Waals surface area (Å²) in [5, 5.41) is 0. The monoisotopic (exact) mass is 309 g/mol. The minimum atomic E-state index is 1.09. The van der Waals surface area contributed by atoms with Crippen LogP contribution in [0.3, 0.4) is 0 Å². The molecular formula is C13H12IN. The normalized spacial score (nSPS) is 10.3. The van der Waals surface area contributed by atoms with Crippen molar-refractivity contribution in [1.82, 2.24) is 4.98 Å². The zero-order valence-corrected chi connectivity index (χ0v) is 10.9. The molecule has 1 nitrogen and oxygen atoms in total. The molecule has 0 radical (unpaired) electrons. The van der Waals surface area contributed by atoms with Crippen LogP contribution in [-0.4, -0.2) is 4.98 Å². The molecule has 2 aromatic rings. The number of halogens is 1. The Labute approximate surface area is 104 Å². The molecule has 0 fully saturated rings. The average molecular weight is 309 g/mol. The van der Waals surface area contributed by atoms with Gasteiger partial charge in [0.25, 0.3) is 0 Å². The Morgan fingerprint density at radius 1 is 1.13 bits per heavy atom. The van der Waals surface area contributed by atoms with Crippen LogP contribution in [0.15, 0.2) is 36.5 Å². The van der Waals surface area contributed by atoms with Gasteiger partial charge in [0, 0.05) is 15.3 Å². The van der Waals surface area contributed by atoms with E-state index >= 15 is 0 Å². The van der Waals surface area contributed by atoms with Gasteiger partial charge in [-0.3, -0.25) is 4.98 Å². The number of aromatic nitrogens is 1. The van der Waals surface area contributed by atoms with Crippen molar-refractivity contribution in [3.8, 4) is 11.3 Å². The van der Waals surface area contributed by atoms with Crippen LogP contribution in [0.25, 0.3) is 11.3 Å². The van der Waals surface area contributed by atoms with Crippen LogP contribution in [0.1, 0.15) is 11.1 Å². The number of hydrogen-bond acceptors (Lipinski definition) is 1. The van der Waals surface area contributed by atoms with Crippen LogP contribution in [0.2, 0.25) is 0 Å². The standard InChI is InChI=1S/C13H12IN/c1-9-5-6-12(14)11(8-9)13-10(2)4-3-7-15-13/h3-8H,1-2H3. The molecule has 0 saturated carbocycles. The quantitative estimate of drug-likeness (QED) is 0.726. The highest BCUT2D eigenvalue weighted by molar-refractivity contribution is 14.1. The zero-order valence-electron chi connectivity index (χ0n) is 8.79. The smallest absolute Gasteiger partial charge is 0.0741 e. The molecule has 0 saturated heterocycles. The first-order chi connectivity index (χ1) is 7.18. The number of hydrogen-bond donors (Lipinski definition) is 0. The van der Waals surface area contributed by atoms with Crippen molar-refractivity contribution >= 4 is 22.6 Å². The molecule has 0 N–H and O–H groups in total. The largest absolute Gasteiger partial charge is 0.256 e. The van der Waals surface area contributed by atoms with Crippen molar-refractivity contribution in [3.63, 3.8) is 0 Å². The molecule has 0 spiro atoms. The Kier molecular flexibility index (Phi) is 3.05. The summed E-state index contributed by atoms with van der Waals surface area (Å²) in [6.45, 7) is 4.21. The first kappa shape index (κ1) is 10.6. The molecule has 15 heavy (non-hydrogen) atoms. The third kappa shape index (κ3) is 2.20. The summed E-state index contributed by atoms with van der Waals surface area (Å²) >= 11 is 2.36. The van der Waals surface area contributed by atoms with Crippen molar-refractivity contribution in [2.24, 2.45) is 0 Å². The number of nitrogens with zero attached hydrogens (tertiary/aromatic N) is 1. The Bertz CT molecular complexity index is 492. The van der Waals surface area contributed by atoms with Crippen LogP contribution in [0.4, 0.5) is 0 Å². The van der Waals surface area contributed by atoms with Gasteiger partial charge in [0.2, 0.25) is 0 Å². The zero-order chi connectivity index (χ0) is 10.8. The minimum absolute atomic E-state index is 1.09. The van der Waals surface area contributed by atoms with E-state index in [0.717, 1.165) is 5.69 Å². The molecule has 0 bridgehead atoms. The van der Waals surface area contributed by atoms with Crippen molar-refractivity contribution in [2.45, 2.75) is 13.8 Å². The fourth-order valence-corrected chi connectivity index (χ4v) is 2.18. The van der Waals surface area contributed by atoms with E-state index in [1.54, 1.807) is 0 Å². The summed E-state index contributed by atoms with van der Waals surface area (Å²) in [6.07, 6.45) is 1.85. The lowest BCUT2D eigenvalue weighted by atomic mass is 10.0. The van der Waals surface area contributed by atoms with Crippen molar-refractivity contribution in [1.29, 1.82) is 0 Å². The second kappa shape index (κ2) is 4.31. The van der Waals surface area contributed by atoms with Crippen molar-refractivity contribution in [3.05, 3.63) is 51.2 Å². The van der Waals surface area contributed by atoms with Gasteiger partial charge in [-0.25, -0.2) is 0 Å². The fraction of sp³-hybridized carbons (Fsp3) is 0.154. The van der Waals surface area contributed by atoms with Gasteiger partial charge in [-0.05, 0) is 60.2 Å². The summed E-state index contributed by atoms with van der Waals surface area (Å²) in [7, 11) is 0. The third-order valence-electron chi connectivity index (χ3n) is 2.39. The van der Waals surface area contributed by atoms with E-state index in [0.29, 0.717) is 0 Å². The number of aryl methyl sites for hydroxylation is 2. The predicted octanol–water partition coefficient (Wildman–Crippen LogP) is 3.97. The molecule has 0 aliphatic rings. The van der Waals surface area contributed by atoms with Gasteiger partial charge in [0.15, 0.2) is 0 Å². The molecule has 1 aromatic carbocycles. The maximum Gasteiger partial charge on any atom is 0.0741 e. The van der Waals surface area contributed by atoms with Crippen molar-refractivity contribution < 1.29 is 0 Å². The van der Waals surface area contributed by atoms with Gasteiger partial charge in [-0.1, -0.05) is 17.7 Å². The molecule has 0 unspecified atom stereocenters. The second-order valence-corrected chi connectivity index (χ2v) is 4.81. The first-order valence-corrected chi connectivity index (χ1v) is 5.94. The third-order valence-corrected chi connectivity index (χ3v) is 3.33. The van der Waals surface area contributed by atoms with Gasteiger partial charge >= 0.3 is 0 Å². The molecule has 76 valence electrons. The molecule has 0 aliphatic carbocycles. The van der Waals surface area contributed by atoms with E-state index < -0.39 is 0 Å². The van der Waals surface area contributed by atoms with Crippen LogP contribution in [-0.2, 0) is 0 Å². The van der Waals surface area contributed by atoms with Crippen molar-refractivity contribution in [2.75, 3.05) is 0 Å². The molecule has 2 rings (SSSR count). The van der Waals surface area contributed by atoms with E-state index in [1.165, 1.54) is 20.3 Å². The van der Waals surface area contributed by atoms with Crippen LogP contribution < -0.4 is 0 Å². The number of pyridine rings is 1. The summed E-state index contributed by atoms with van der Waals surface area (Å²) < 4.78 is 1.25. The lowest BCUT2D eigenvalue weighted by Crippen LogP contribution is -1.90. The van der Waals surface area contributed by atoms with E-state index in [-0.39, 0.29) is 0 Å². The predicted molar refractivity (Wildman–Crippen MR) is 71.9 cm³/mol. The SMILES string of the molecule is Cc1ccc(I)c(-c2ncccc2C)c1. The maximum absolute atomic E-state index is 4.45. The summed E-state index contributed by atoms with van der Waals surface area (Å²) in [5.74, 6) is 0. The highest BCUT2D eigenvalue weighted by atomic mass is 127. The summed E-state index contributed by atoms with van der Waals surface area (Å²) in [5.41, 5.74) is 4.82. The Morgan fingerprint density at radius 2 is 1.93 bits per heavy atom. The molecule has 1 aromatic heterocycles. The fourth-order valence-electron chi connectivity index (χ4n) is 1.59. The number of rotatable bonds is 1. The molecule has 1 heterocycles. The lowest BCUT2D eigenvalue weighted by molar-refractivity contribution is 1.26. The lowest BCUT2D eigenvalue weighted by Gasteiger charge is -2.07. The second-order valence-electron chi connectivity index (χ2n) is 3.65. The Hall–Kier alpha value is -0.900. The van der Waals surface area contributed by atoms with Gasteiger partial charge in [0.05, 0.1) is 5.69 Å². The maximum atomic E-state index is 4.45. The van der Waals surface area contributed by atoms with E-state index in [2.05, 4.69) is 65.7 Å². The van der Waals surface area contributed by atoms with E-state index in [1.807, 2.05) is 12.3 Å².